The first-order chi connectivity index (χ1) is 5.90. The monoisotopic (exact) mass is 184 g/mol. The molecule has 0 saturated carbocycles. The summed E-state index contributed by atoms with van der Waals surface area (Å²) in [4.78, 5) is 11.4. The minimum absolute atomic E-state index is 0.0556. The molecule has 0 aromatic rings. The van der Waals surface area contributed by atoms with E-state index in [0.717, 1.165) is 0 Å². The van der Waals surface area contributed by atoms with Crippen molar-refractivity contribution in [1.82, 2.24) is 5.32 Å². The first-order valence-corrected chi connectivity index (χ1v) is 4.59. The quantitative estimate of drug-likeness (QED) is 0.651. The highest BCUT2D eigenvalue weighted by Crippen LogP contribution is 2.23. The Kier molecular flexibility index (Phi) is 4.52. The molecule has 0 rings (SSSR count). The maximum Gasteiger partial charge on any atom is 0.248 e. The van der Waals surface area contributed by atoms with Crippen molar-refractivity contribution in [2.45, 2.75) is 34.1 Å². The summed E-state index contributed by atoms with van der Waals surface area (Å²) >= 11 is 0. The molecule has 3 nitrogen and oxygen atoms in total. The zero-order valence-corrected chi connectivity index (χ0v) is 8.98. The second kappa shape index (κ2) is 4.90. The maximum atomic E-state index is 11.4. The van der Waals surface area contributed by atoms with Gasteiger partial charge < -0.3 is 11.1 Å². The Morgan fingerprint density at radius 3 is 2.31 bits per heavy atom. The summed E-state index contributed by atoms with van der Waals surface area (Å²) in [6.45, 7) is 8.77. The lowest BCUT2D eigenvalue weighted by Crippen LogP contribution is -2.27. The van der Waals surface area contributed by atoms with Gasteiger partial charge in [-0.1, -0.05) is 20.8 Å². The number of likely N-dealkylation sites (N-methyl/N-ethyl adjacent to an activating group) is 1. The summed E-state index contributed by atoms with van der Waals surface area (Å²) in [5.41, 5.74) is 6.14. The summed E-state index contributed by atoms with van der Waals surface area (Å²) in [6.07, 6.45) is 2.10. The van der Waals surface area contributed by atoms with Crippen LogP contribution in [0, 0.1) is 5.41 Å². The zero-order chi connectivity index (χ0) is 10.5. The van der Waals surface area contributed by atoms with Crippen LogP contribution >= 0.6 is 0 Å². The lowest BCUT2D eigenvalue weighted by molar-refractivity contribution is -0.117. The van der Waals surface area contributed by atoms with Gasteiger partial charge in [0.05, 0.1) is 0 Å². The molecule has 3 heteroatoms. The van der Waals surface area contributed by atoms with Crippen molar-refractivity contribution in [3.8, 4) is 0 Å². The molecule has 0 fully saturated rings. The summed E-state index contributed by atoms with van der Waals surface area (Å²) in [5.74, 6) is -0.0556. The van der Waals surface area contributed by atoms with E-state index in [0.29, 0.717) is 18.5 Å². The zero-order valence-electron chi connectivity index (χ0n) is 8.98. The average molecular weight is 184 g/mol. The van der Waals surface area contributed by atoms with Crippen LogP contribution in [-0.4, -0.2) is 12.5 Å². The van der Waals surface area contributed by atoms with Gasteiger partial charge in [-0.3, -0.25) is 4.79 Å². The molecule has 0 saturated heterocycles. The van der Waals surface area contributed by atoms with Crippen molar-refractivity contribution in [2.75, 3.05) is 6.54 Å². The molecule has 0 aromatic heterocycles. The highest BCUT2D eigenvalue weighted by atomic mass is 16.1. The minimum Gasteiger partial charge on any atom is -0.404 e. The molecule has 0 aliphatic carbocycles. The molecule has 0 bridgehead atoms. The Balaban J connectivity index is 4.29. The molecule has 0 aliphatic rings. The highest BCUT2D eigenvalue weighted by molar-refractivity contribution is 5.93. The van der Waals surface area contributed by atoms with Crippen LogP contribution in [0.1, 0.15) is 34.1 Å². The van der Waals surface area contributed by atoms with E-state index in [1.165, 1.54) is 6.20 Å². The number of nitrogens with one attached hydrogen (secondary N) is 1. The van der Waals surface area contributed by atoms with Crippen molar-refractivity contribution >= 4 is 5.91 Å². The van der Waals surface area contributed by atoms with Crippen molar-refractivity contribution < 1.29 is 4.79 Å². The first kappa shape index (κ1) is 12.0. The molecular weight excluding hydrogens is 164 g/mol. The topological polar surface area (TPSA) is 55.1 Å². The molecule has 0 radical (unpaired) electrons. The van der Waals surface area contributed by atoms with Crippen molar-refractivity contribution in [3.63, 3.8) is 0 Å². The van der Waals surface area contributed by atoms with Crippen LogP contribution in [0.3, 0.4) is 0 Å². The number of hydrogen-bond acceptors (Lipinski definition) is 2. The number of rotatable bonds is 3. The number of nitrogens with two attached hydrogens (primary N) is 1. The van der Waals surface area contributed by atoms with Gasteiger partial charge in [-0.15, -0.1) is 0 Å². The Hall–Kier alpha value is -0.990. The molecule has 76 valence electrons. The Labute approximate surface area is 80.4 Å². The Bertz CT molecular complexity index is 201. The highest BCUT2D eigenvalue weighted by Gasteiger charge is 2.17. The second-order valence-corrected chi connectivity index (χ2v) is 4.29. The summed E-state index contributed by atoms with van der Waals surface area (Å²) < 4.78 is 0. The van der Waals surface area contributed by atoms with Crippen LogP contribution in [0.5, 0.6) is 0 Å². The SMILES string of the molecule is CCNC(=O)C(=CN)CC(C)(C)C. The van der Waals surface area contributed by atoms with E-state index < -0.39 is 0 Å². The molecular formula is C10H20N2O. The molecule has 13 heavy (non-hydrogen) atoms. The lowest BCUT2D eigenvalue weighted by Gasteiger charge is -2.19. The molecule has 1 amide bonds. The summed E-state index contributed by atoms with van der Waals surface area (Å²) in [6, 6.07) is 0. The normalized spacial score (nSPS) is 12.8. The Morgan fingerprint density at radius 2 is 2.00 bits per heavy atom. The standard InChI is InChI=1S/C10H20N2O/c1-5-12-9(13)8(7-11)6-10(2,3)4/h7H,5-6,11H2,1-4H3,(H,12,13). The van der Waals surface area contributed by atoms with Crippen molar-refractivity contribution in [2.24, 2.45) is 11.1 Å². The predicted molar refractivity (Wildman–Crippen MR) is 55.0 cm³/mol. The van der Waals surface area contributed by atoms with Crippen molar-refractivity contribution in [1.29, 1.82) is 0 Å². The van der Waals surface area contributed by atoms with Crippen LogP contribution < -0.4 is 11.1 Å². The van der Waals surface area contributed by atoms with Crippen LogP contribution in [0.15, 0.2) is 11.8 Å². The third-order valence-corrected chi connectivity index (χ3v) is 1.55. The number of carbonyl (C=O) groups is 1. The summed E-state index contributed by atoms with van der Waals surface area (Å²) in [7, 11) is 0. The first-order valence-electron chi connectivity index (χ1n) is 4.59. The van der Waals surface area contributed by atoms with Gasteiger partial charge in [0.1, 0.15) is 0 Å². The number of amides is 1. The van der Waals surface area contributed by atoms with E-state index in [-0.39, 0.29) is 11.3 Å². The van der Waals surface area contributed by atoms with Gasteiger partial charge in [-0.2, -0.15) is 0 Å². The molecule has 0 aromatic carbocycles. The number of hydrogen-bond donors (Lipinski definition) is 2. The largest absolute Gasteiger partial charge is 0.404 e. The van der Waals surface area contributed by atoms with Gasteiger partial charge in [-0.25, -0.2) is 0 Å². The molecule has 0 heterocycles. The lowest BCUT2D eigenvalue weighted by atomic mass is 9.88. The number of carbonyl (C=O) groups excluding carboxylic acids is 1. The van der Waals surface area contributed by atoms with E-state index in [1.54, 1.807) is 0 Å². The van der Waals surface area contributed by atoms with Gasteiger partial charge in [-0.05, 0) is 18.8 Å². The van der Waals surface area contributed by atoms with Crippen LogP contribution in [0.2, 0.25) is 0 Å². The van der Waals surface area contributed by atoms with Gasteiger partial charge in [0.15, 0.2) is 0 Å². The fraction of sp³-hybridized carbons (Fsp3) is 0.700. The van der Waals surface area contributed by atoms with Crippen LogP contribution in [0.4, 0.5) is 0 Å². The second-order valence-electron chi connectivity index (χ2n) is 4.29. The minimum atomic E-state index is -0.0556. The van der Waals surface area contributed by atoms with Crippen LogP contribution in [0.25, 0.3) is 0 Å². The maximum absolute atomic E-state index is 11.4. The van der Waals surface area contributed by atoms with Crippen molar-refractivity contribution in [3.05, 3.63) is 11.8 Å². The van der Waals surface area contributed by atoms with Gasteiger partial charge >= 0.3 is 0 Å². The average Bonchev–Trinajstić information content (AvgIpc) is 1.99. The fourth-order valence-electron chi connectivity index (χ4n) is 1.06. The molecule has 0 spiro atoms. The Morgan fingerprint density at radius 1 is 1.46 bits per heavy atom. The van der Waals surface area contributed by atoms with Gasteiger partial charge in [0.2, 0.25) is 5.91 Å². The van der Waals surface area contributed by atoms with E-state index in [2.05, 4.69) is 26.1 Å². The van der Waals surface area contributed by atoms with E-state index >= 15 is 0 Å². The van der Waals surface area contributed by atoms with E-state index in [4.69, 9.17) is 5.73 Å². The predicted octanol–water partition coefficient (Wildman–Crippen LogP) is 1.40. The smallest absolute Gasteiger partial charge is 0.248 e. The van der Waals surface area contributed by atoms with Gasteiger partial charge in [0.25, 0.3) is 0 Å². The molecule has 0 unspecified atom stereocenters. The third-order valence-electron chi connectivity index (χ3n) is 1.55. The van der Waals surface area contributed by atoms with Crippen LogP contribution in [-0.2, 0) is 4.79 Å². The molecule has 0 atom stereocenters. The molecule has 0 aliphatic heterocycles. The summed E-state index contributed by atoms with van der Waals surface area (Å²) in [5, 5.41) is 2.73. The van der Waals surface area contributed by atoms with E-state index in [1.807, 2.05) is 6.92 Å². The van der Waals surface area contributed by atoms with Gasteiger partial charge in [0, 0.05) is 18.3 Å². The third kappa shape index (κ3) is 5.28. The fourth-order valence-corrected chi connectivity index (χ4v) is 1.06. The van der Waals surface area contributed by atoms with E-state index in [9.17, 15) is 4.79 Å². The molecule has 3 N–H and O–H groups in total.